The molecule has 64 heavy (non-hydrogen) atoms. The first-order valence-electron chi connectivity index (χ1n) is 22.2. The minimum Gasteiger partial charge on any atom is -0.310 e. The van der Waals surface area contributed by atoms with Crippen molar-refractivity contribution in [3.63, 3.8) is 0 Å². The first kappa shape index (κ1) is 36.9. The van der Waals surface area contributed by atoms with Gasteiger partial charge in [0, 0.05) is 59.1 Å². The van der Waals surface area contributed by atoms with Gasteiger partial charge in [0.25, 0.3) is 0 Å². The lowest BCUT2D eigenvalue weighted by Gasteiger charge is -2.26. The lowest BCUT2D eigenvalue weighted by Crippen LogP contribution is -2.14. The molecule has 13 rings (SSSR count). The summed E-state index contributed by atoms with van der Waals surface area (Å²) in [5, 5.41) is 7.68. The van der Waals surface area contributed by atoms with E-state index in [0.717, 1.165) is 22.7 Å². The van der Waals surface area contributed by atoms with Crippen LogP contribution in [0, 0.1) is 0 Å². The summed E-state index contributed by atoms with van der Waals surface area (Å²) in [4.78, 5) is 2.42. The van der Waals surface area contributed by atoms with Gasteiger partial charge in [0.05, 0.1) is 11.0 Å². The summed E-state index contributed by atoms with van der Waals surface area (Å²) in [6.45, 7) is 4.73. The number of aromatic nitrogens is 1. The molecule has 0 amide bonds. The van der Waals surface area contributed by atoms with Crippen LogP contribution in [0.25, 0.3) is 91.8 Å². The number of hydrogen-bond donors (Lipinski definition) is 0. The largest absolute Gasteiger partial charge is 0.310 e. The molecule has 0 N–H and O–H groups in total. The van der Waals surface area contributed by atoms with E-state index in [1.807, 2.05) is 11.3 Å². The van der Waals surface area contributed by atoms with Gasteiger partial charge in [0.2, 0.25) is 0 Å². The van der Waals surface area contributed by atoms with Gasteiger partial charge in [-0.2, -0.15) is 0 Å². The Hall–Kier alpha value is -7.72. The van der Waals surface area contributed by atoms with Gasteiger partial charge in [-0.05, 0) is 134 Å². The molecule has 3 heteroatoms. The summed E-state index contributed by atoms with van der Waals surface area (Å²) in [7, 11) is 0. The number of rotatable bonds is 6. The van der Waals surface area contributed by atoms with Crippen LogP contribution in [-0.2, 0) is 5.41 Å². The SMILES string of the molecule is CC1(C)c2ccccc2-c2c1ccc1cc3c4cc(-c5cccc(N(c6cccc(-c7ccccc7)c6)c6ccc7c(c6)sc6ccccc67)c5)ccc4n(-c4ccccc4)c3cc21. The fourth-order valence-electron chi connectivity index (χ4n) is 10.7. The van der Waals surface area contributed by atoms with Crippen molar-refractivity contribution < 1.29 is 0 Å². The predicted molar refractivity (Wildman–Crippen MR) is 274 cm³/mol. The summed E-state index contributed by atoms with van der Waals surface area (Å²) >= 11 is 1.86. The molecular weight excluding hydrogens is 793 g/mol. The van der Waals surface area contributed by atoms with E-state index < -0.39 is 0 Å². The third kappa shape index (κ3) is 5.64. The Balaban J connectivity index is 0.994. The molecule has 1 aliphatic carbocycles. The Kier molecular flexibility index (Phi) is 8.16. The smallest absolute Gasteiger partial charge is 0.0547 e. The molecule has 1 aliphatic rings. The maximum atomic E-state index is 2.46. The monoisotopic (exact) mass is 834 g/mol. The van der Waals surface area contributed by atoms with E-state index in [1.54, 1.807) is 0 Å². The molecule has 0 spiro atoms. The van der Waals surface area contributed by atoms with Crippen LogP contribution in [-0.4, -0.2) is 4.57 Å². The van der Waals surface area contributed by atoms with Crippen molar-refractivity contribution in [3.8, 4) is 39.1 Å². The lowest BCUT2D eigenvalue weighted by atomic mass is 9.82. The van der Waals surface area contributed by atoms with Crippen LogP contribution in [0.1, 0.15) is 25.0 Å². The highest BCUT2D eigenvalue weighted by molar-refractivity contribution is 7.25. The number of thiophene rings is 1. The number of anilines is 3. The minimum atomic E-state index is -0.0592. The summed E-state index contributed by atoms with van der Waals surface area (Å²) in [5.41, 5.74) is 17.1. The van der Waals surface area contributed by atoms with Crippen LogP contribution >= 0.6 is 11.3 Å². The van der Waals surface area contributed by atoms with E-state index in [9.17, 15) is 0 Å². The van der Waals surface area contributed by atoms with Crippen molar-refractivity contribution in [2.45, 2.75) is 19.3 Å². The average Bonchev–Trinajstić information content (AvgIpc) is 3.96. The van der Waals surface area contributed by atoms with Gasteiger partial charge in [-0.1, -0.05) is 153 Å². The summed E-state index contributed by atoms with van der Waals surface area (Å²) in [6.07, 6.45) is 0. The van der Waals surface area contributed by atoms with Crippen LogP contribution in [0.3, 0.4) is 0 Å². The molecule has 0 radical (unpaired) electrons. The molecule has 12 aromatic rings. The van der Waals surface area contributed by atoms with Gasteiger partial charge in [-0.15, -0.1) is 11.3 Å². The molecule has 2 heterocycles. The Morgan fingerprint density at radius 1 is 0.391 bits per heavy atom. The highest BCUT2D eigenvalue weighted by Gasteiger charge is 2.36. The van der Waals surface area contributed by atoms with E-state index in [0.29, 0.717) is 0 Å². The normalized spacial score (nSPS) is 13.0. The first-order valence-corrected chi connectivity index (χ1v) is 23.0. The zero-order chi connectivity index (χ0) is 42.5. The van der Waals surface area contributed by atoms with E-state index in [4.69, 9.17) is 0 Å². The van der Waals surface area contributed by atoms with Crippen molar-refractivity contribution in [1.82, 2.24) is 4.57 Å². The van der Waals surface area contributed by atoms with E-state index in [2.05, 4.69) is 242 Å². The molecule has 0 atom stereocenters. The average molecular weight is 835 g/mol. The lowest BCUT2D eigenvalue weighted by molar-refractivity contribution is 0.661. The fraction of sp³-hybridized carbons (Fsp3) is 0.0492. The number of fused-ring (bicyclic) bond motifs is 11. The Bertz CT molecular complexity index is 3820. The molecule has 0 bridgehead atoms. The van der Waals surface area contributed by atoms with E-state index >= 15 is 0 Å². The molecule has 0 aliphatic heterocycles. The molecule has 0 fully saturated rings. The van der Waals surface area contributed by atoms with E-state index in [-0.39, 0.29) is 5.41 Å². The van der Waals surface area contributed by atoms with E-state index in [1.165, 1.54) is 97.3 Å². The van der Waals surface area contributed by atoms with Crippen molar-refractivity contribution in [1.29, 1.82) is 0 Å². The van der Waals surface area contributed by atoms with Gasteiger partial charge in [-0.3, -0.25) is 0 Å². The fourth-order valence-corrected chi connectivity index (χ4v) is 11.8. The van der Waals surface area contributed by atoms with Crippen LogP contribution in [0.15, 0.2) is 218 Å². The predicted octanol–water partition coefficient (Wildman–Crippen LogP) is 17.4. The summed E-state index contributed by atoms with van der Waals surface area (Å²) < 4.78 is 5.05. The Morgan fingerprint density at radius 3 is 1.84 bits per heavy atom. The van der Waals surface area contributed by atoms with Gasteiger partial charge in [0.1, 0.15) is 0 Å². The van der Waals surface area contributed by atoms with Crippen molar-refractivity contribution in [3.05, 3.63) is 230 Å². The van der Waals surface area contributed by atoms with Crippen molar-refractivity contribution >= 4 is 81.1 Å². The molecule has 2 aromatic heterocycles. The highest BCUT2D eigenvalue weighted by Crippen LogP contribution is 2.52. The number of nitrogens with zero attached hydrogens (tertiary/aromatic N) is 2. The summed E-state index contributed by atoms with van der Waals surface area (Å²) in [6, 6.07) is 80.9. The zero-order valence-electron chi connectivity index (χ0n) is 35.6. The molecule has 0 unspecified atom stereocenters. The zero-order valence-corrected chi connectivity index (χ0v) is 36.4. The third-order valence-electron chi connectivity index (χ3n) is 13.7. The quantitative estimate of drug-likeness (QED) is 0.162. The first-order chi connectivity index (χ1) is 31.5. The van der Waals surface area contributed by atoms with Gasteiger partial charge in [0.15, 0.2) is 0 Å². The summed E-state index contributed by atoms with van der Waals surface area (Å²) in [5.74, 6) is 0. The van der Waals surface area contributed by atoms with Gasteiger partial charge in [-0.25, -0.2) is 0 Å². The standard InChI is InChI=1S/C61H42N2S/c1-61(2)54-25-11-9-24-50(54)60-51-38-57-53(36-43(51)27-31-55(60)61)52-35-42(28-32-56(52)63(57)44-19-7-4-8-20-44)41-18-14-22-46(34-41)62(45-21-13-17-40(33-45)39-15-5-3-6-16-39)47-29-30-49-48-23-10-12-26-58(48)64-59(49)37-47/h3-38H,1-2H3. The second-order valence-corrected chi connectivity index (χ2v) is 18.8. The number of para-hydroxylation sites is 1. The second-order valence-electron chi connectivity index (χ2n) is 17.7. The van der Waals surface area contributed by atoms with Gasteiger partial charge >= 0.3 is 0 Å². The topological polar surface area (TPSA) is 8.17 Å². The minimum absolute atomic E-state index is 0.0592. The number of benzene rings is 10. The molecule has 2 nitrogen and oxygen atoms in total. The van der Waals surface area contributed by atoms with Crippen LogP contribution in [0.2, 0.25) is 0 Å². The third-order valence-corrected chi connectivity index (χ3v) is 14.9. The molecular formula is C61H42N2S. The van der Waals surface area contributed by atoms with Crippen LogP contribution in [0.5, 0.6) is 0 Å². The second kappa shape index (κ2) is 14.2. The maximum Gasteiger partial charge on any atom is 0.0547 e. The molecule has 302 valence electrons. The molecule has 10 aromatic carbocycles. The molecule has 0 saturated heterocycles. The Labute approximate surface area is 376 Å². The van der Waals surface area contributed by atoms with Crippen molar-refractivity contribution in [2.24, 2.45) is 0 Å². The van der Waals surface area contributed by atoms with Gasteiger partial charge < -0.3 is 9.47 Å². The highest BCUT2D eigenvalue weighted by atomic mass is 32.1. The van der Waals surface area contributed by atoms with Crippen LogP contribution in [0.4, 0.5) is 17.1 Å². The Morgan fingerprint density at radius 2 is 1.03 bits per heavy atom. The molecule has 0 saturated carbocycles. The van der Waals surface area contributed by atoms with Crippen molar-refractivity contribution in [2.75, 3.05) is 4.90 Å². The number of hydrogen-bond acceptors (Lipinski definition) is 2. The maximum absolute atomic E-state index is 2.46. The van der Waals surface area contributed by atoms with Crippen LogP contribution < -0.4 is 4.90 Å².